The molecule has 0 aromatic heterocycles. The Bertz CT molecular complexity index is 946. The van der Waals surface area contributed by atoms with Crippen molar-refractivity contribution in [1.82, 2.24) is 4.90 Å². The van der Waals surface area contributed by atoms with Crippen molar-refractivity contribution in [1.29, 1.82) is 0 Å². The third-order valence-electron chi connectivity index (χ3n) is 5.96. The lowest BCUT2D eigenvalue weighted by atomic mass is 10.1. The fourth-order valence-electron chi connectivity index (χ4n) is 4.07. The maximum Gasteiger partial charge on any atom is 0.219 e. The Balaban J connectivity index is 1.30. The number of nitrogens with zero attached hydrogens (tertiary/aromatic N) is 2. The molecule has 2 unspecified atom stereocenters. The standard InChI is InChI=1S/C24H29BrN2O5/c1-17(28)26-10-12-27(13-11-26)18-4-6-19(7-5-18)30-15-21-16-31-24(2,32-21)22-9-8-20(29-3)14-23(22)25/h4-9,14,21H,10-13,15-16H2,1-3H3. The van der Waals surface area contributed by atoms with E-state index < -0.39 is 5.79 Å². The second-order valence-corrected chi connectivity index (χ2v) is 8.99. The maximum absolute atomic E-state index is 11.5. The van der Waals surface area contributed by atoms with Crippen LogP contribution in [0, 0.1) is 0 Å². The van der Waals surface area contributed by atoms with Crippen molar-refractivity contribution in [3.8, 4) is 11.5 Å². The second kappa shape index (κ2) is 9.68. The van der Waals surface area contributed by atoms with Crippen LogP contribution in [0.5, 0.6) is 11.5 Å². The normalized spacial score (nSPS) is 23.3. The van der Waals surface area contributed by atoms with E-state index >= 15 is 0 Å². The molecule has 7 nitrogen and oxygen atoms in total. The Morgan fingerprint density at radius 2 is 1.81 bits per heavy atom. The number of rotatable bonds is 6. The molecule has 2 aliphatic rings. The smallest absolute Gasteiger partial charge is 0.219 e. The summed E-state index contributed by atoms with van der Waals surface area (Å²) in [7, 11) is 1.64. The molecule has 0 saturated carbocycles. The van der Waals surface area contributed by atoms with Crippen molar-refractivity contribution in [2.75, 3.05) is 51.4 Å². The number of anilines is 1. The molecule has 2 atom stereocenters. The quantitative estimate of drug-likeness (QED) is 0.596. The lowest BCUT2D eigenvalue weighted by molar-refractivity contribution is -0.165. The highest BCUT2D eigenvalue weighted by Gasteiger charge is 2.40. The molecule has 2 aromatic carbocycles. The van der Waals surface area contributed by atoms with Crippen molar-refractivity contribution >= 4 is 27.5 Å². The van der Waals surface area contributed by atoms with Gasteiger partial charge in [0.25, 0.3) is 0 Å². The summed E-state index contributed by atoms with van der Waals surface area (Å²) in [6, 6.07) is 13.8. The van der Waals surface area contributed by atoms with Gasteiger partial charge >= 0.3 is 0 Å². The average Bonchev–Trinajstić information content (AvgIpc) is 3.19. The van der Waals surface area contributed by atoms with Crippen LogP contribution >= 0.6 is 15.9 Å². The first kappa shape index (κ1) is 22.9. The minimum Gasteiger partial charge on any atom is -0.497 e. The monoisotopic (exact) mass is 504 g/mol. The molecular formula is C24H29BrN2O5. The minimum atomic E-state index is -0.842. The highest BCUT2D eigenvalue weighted by Crippen LogP contribution is 2.39. The van der Waals surface area contributed by atoms with Crippen LogP contribution in [0.15, 0.2) is 46.9 Å². The van der Waals surface area contributed by atoms with Crippen molar-refractivity contribution in [3.63, 3.8) is 0 Å². The largest absolute Gasteiger partial charge is 0.497 e. The van der Waals surface area contributed by atoms with E-state index in [1.165, 1.54) is 0 Å². The van der Waals surface area contributed by atoms with E-state index in [1.807, 2.05) is 42.2 Å². The lowest BCUT2D eigenvalue weighted by Gasteiger charge is -2.35. The average molecular weight is 505 g/mol. The van der Waals surface area contributed by atoms with Crippen molar-refractivity contribution in [3.05, 3.63) is 52.5 Å². The van der Waals surface area contributed by atoms with Gasteiger partial charge < -0.3 is 28.7 Å². The summed E-state index contributed by atoms with van der Waals surface area (Å²) in [6.07, 6.45) is -0.173. The molecule has 2 saturated heterocycles. The Labute approximate surface area is 197 Å². The van der Waals surface area contributed by atoms with Crippen LogP contribution in [-0.2, 0) is 20.1 Å². The summed E-state index contributed by atoms with van der Waals surface area (Å²) in [4.78, 5) is 15.7. The summed E-state index contributed by atoms with van der Waals surface area (Å²) in [5, 5.41) is 0. The molecule has 4 rings (SSSR count). The number of halogens is 1. The molecule has 2 aromatic rings. The van der Waals surface area contributed by atoms with E-state index in [1.54, 1.807) is 14.0 Å². The first-order valence-corrected chi connectivity index (χ1v) is 11.6. The van der Waals surface area contributed by atoms with E-state index in [-0.39, 0.29) is 12.0 Å². The van der Waals surface area contributed by atoms with Crippen LogP contribution in [0.25, 0.3) is 0 Å². The summed E-state index contributed by atoms with van der Waals surface area (Å²) in [6.45, 7) is 7.59. The van der Waals surface area contributed by atoms with Crippen molar-refractivity contribution < 1.29 is 23.7 Å². The lowest BCUT2D eigenvalue weighted by Crippen LogP contribution is -2.48. The highest BCUT2D eigenvalue weighted by molar-refractivity contribution is 9.10. The number of carbonyl (C=O) groups excluding carboxylic acids is 1. The maximum atomic E-state index is 11.5. The van der Waals surface area contributed by atoms with Gasteiger partial charge in [0, 0.05) is 48.8 Å². The van der Waals surface area contributed by atoms with Gasteiger partial charge in [0.05, 0.1) is 13.7 Å². The van der Waals surface area contributed by atoms with Gasteiger partial charge in [-0.3, -0.25) is 4.79 Å². The van der Waals surface area contributed by atoms with Gasteiger partial charge in [-0.05, 0) is 49.4 Å². The van der Waals surface area contributed by atoms with Crippen LogP contribution in [0.3, 0.4) is 0 Å². The third kappa shape index (κ3) is 5.03. The van der Waals surface area contributed by atoms with Gasteiger partial charge in [0.15, 0.2) is 5.79 Å². The third-order valence-corrected chi connectivity index (χ3v) is 6.62. The van der Waals surface area contributed by atoms with Crippen molar-refractivity contribution in [2.24, 2.45) is 0 Å². The van der Waals surface area contributed by atoms with Gasteiger partial charge in [0.2, 0.25) is 5.91 Å². The van der Waals surface area contributed by atoms with E-state index in [9.17, 15) is 4.79 Å². The second-order valence-electron chi connectivity index (χ2n) is 8.14. The molecule has 2 aliphatic heterocycles. The summed E-state index contributed by atoms with van der Waals surface area (Å²) in [5.74, 6) is 0.859. The predicted molar refractivity (Wildman–Crippen MR) is 125 cm³/mol. The van der Waals surface area contributed by atoms with Gasteiger partial charge in [0.1, 0.15) is 24.2 Å². The molecule has 2 fully saturated rings. The molecule has 0 N–H and O–H groups in total. The van der Waals surface area contributed by atoms with E-state index in [4.69, 9.17) is 18.9 Å². The number of hydrogen-bond donors (Lipinski definition) is 0. The fourth-order valence-corrected chi connectivity index (χ4v) is 4.79. The van der Waals surface area contributed by atoms with Crippen molar-refractivity contribution in [2.45, 2.75) is 25.7 Å². The summed E-state index contributed by atoms with van der Waals surface area (Å²) >= 11 is 3.58. The molecule has 0 radical (unpaired) electrons. The summed E-state index contributed by atoms with van der Waals surface area (Å²) < 4.78 is 24.3. The molecule has 2 heterocycles. The molecule has 172 valence electrons. The Morgan fingerprint density at radius 1 is 1.12 bits per heavy atom. The van der Waals surface area contributed by atoms with Crippen LogP contribution in [0.1, 0.15) is 19.4 Å². The molecule has 0 spiro atoms. The van der Waals surface area contributed by atoms with Crippen LogP contribution in [0.4, 0.5) is 5.69 Å². The first-order valence-electron chi connectivity index (χ1n) is 10.8. The van der Waals surface area contributed by atoms with Crippen LogP contribution < -0.4 is 14.4 Å². The van der Waals surface area contributed by atoms with Crippen LogP contribution in [-0.4, -0.2) is 63.4 Å². The Morgan fingerprint density at radius 3 is 2.44 bits per heavy atom. The molecule has 8 heteroatoms. The molecular weight excluding hydrogens is 476 g/mol. The van der Waals surface area contributed by atoms with Gasteiger partial charge in [-0.2, -0.15) is 0 Å². The Kier molecular flexibility index (Phi) is 6.93. The number of benzene rings is 2. The zero-order chi connectivity index (χ0) is 22.7. The number of amides is 1. The van der Waals surface area contributed by atoms with Gasteiger partial charge in [-0.25, -0.2) is 0 Å². The zero-order valence-corrected chi connectivity index (χ0v) is 20.3. The zero-order valence-electron chi connectivity index (χ0n) is 18.7. The van der Waals surface area contributed by atoms with E-state index in [0.717, 1.165) is 53.4 Å². The molecule has 1 amide bonds. The Hall–Kier alpha value is -2.29. The number of ether oxygens (including phenoxy) is 4. The van der Waals surface area contributed by atoms with Gasteiger partial charge in [-0.1, -0.05) is 15.9 Å². The predicted octanol–water partition coefficient (Wildman–Crippen LogP) is 3.79. The molecule has 32 heavy (non-hydrogen) atoms. The minimum absolute atomic E-state index is 0.141. The highest BCUT2D eigenvalue weighted by atomic mass is 79.9. The van der Waals surface area contributed by atoms with E-state index in [2.05, 4.69) is 33.0 Å². The SMILES string of the molecule is COc1ccc(C2(C)OCC(COc3ccc(N4CCN(C(C)=O)CC4)cc3)O2)c(Br)c1. The first-order chi connectivity index (χ1) is 15.4. The number of carbonyl (C=O) groups is 1. The van der Waals surface area contributed by atoms with E-state index in [0.29, 0.717) is 13.2 Å². The van der Waals surface area contributed by atoms with Gasteiger partial charge in [-0.15, -0.1) is 0 Å². The topological polar surface area (TPSA) is 60.5 Å². The number of piperazine rings is 1. The molecule has 0 bridgehead atoms. The fraction of sp³-hybridized carbons (Fsp3) is 0.458. The van der Waals surface area contributed by atoms with Crippen LogP contribution in [0.2, 0.25) is 0 Å². The number of hydrogen-bond acceptors (Lipinski definition) is 6. The number of methoxy groups -OCH3 is 1. The molecule has 0 aliphatic carbocycles. The summed E-state index contributed by atoms with van der Waals surface area (Å²) in [5.41, 5.74) is 2.05.